The van der Waals surface area contributed by atoms with Crippen LogP contribution in [0, 0.1) is 11.6 Å². The summed E-state index contributed by atoms with van der Waals surface area (Å²) in [6.45, 7) is 0.101. The summed E-state index contributed by atoms with van der Waals surface area (Å²) in [5.41, 5.74) is 2.09. The molecule has 4 rings (SSSR count). The SMILES string of the molecule is Cn1cc(-c2cc(CNS(=O)O)ccc2Oc2ccc(F)c(F)c2)c2cc[nH]c2c1=O. The molecule has 0 radical (unpaired) electrons. The first-order chi connectivity index (χ1) is 14.8. The van der Waals surface area contributed by atoms with Crippen LogP contribution in [0.25, 0.3) is 22.0 Å². The minimum absolute atomic E-state index is 0.0950. The molecule has 2 heterocycles. The maximum Gasteiger partial charge on any atom is 0.274 e. The highest BCUT2D eigenvalue weighted by Crippen LogP contribution is 2.37. The van der Waals surface area contributed by atoms with Crippen LogP contribution in [0.1, 0.15) is 5.56 Å². The third-order valence-electron chi connectivity index (χ3n) is 4.75. The fourth-order valence-corrected chi connectivity index (χ4v) is 3.57. The molecule has 0 spiro atoms. The highest BCUT2D eigenvalue weighted by molar-refractivity contribution is 7.77. The molecule has 0 amide bonds. The summed E-state index contributed by atoms with van der Waals surface area (Å²) >= 11 is -2.19. The van der Waals surface area contributed by atoms with Crippen molar-refractivity contribution in [1.29, 1.82) is 0 Å². The minimum atomic E-state index is -2.19. The van der Waals surface area contributed by atoms with Gasteiger partial charge in [0.25, 0.3) is 5.56 Å². The Bertz CT molecular complexity index is 1370. The van der Waals surface area contributed by atoms with Crippen LogP contribution in [0.3, 0.4) is 0 Å². The van der Waals surface area contributed by atoms with Gasteiger partial charge in [0, 0.05) is 48.6 Å². The van der Waals surface area contributed by atoms with E-state index in [-0.39, 0.29) is 17.9 Å². The molecule has 10 heteroatoms. The third-order valence-corrected chi connectivity index (χ3v) is 5.14. The maximum atomic E-state index is 13.7. The van der Waals surface area contributed by atoms with Gasteiger partial charge in [-0.15, -0.1) is 0 Å². The molecule has 0 aliphatic carbocycles. The van der Waals surface area contributed by atoms with Crippen LogP contribution >= 0.6 is 0 Å². The Labute approximate surface area is 177 Å². The van der Waals surface area contributed by atoms with Gasteiger partial charge in [0.1, 0.15) is 17.0 Å². The van der Waals surface area contributed by atoms with Gasteiger partial charge < -0.3 is 14.3 Å². The number of nitrogens with zero attached hydrogens (tertiary/aromatic N) is 1. The van der Waals surface area contributed by atoms with Crippen LogP contribution in [0.5, 0.6) is 11.5 Å². The lowest BCUT2D eigenvalue weighted by molar-refractivity contribution is 0.462. The molecule has 1 atom stereocenters. The molecule has 160 valence electrons. The van der Waals surface area contributed by atoms with Gasteiger partial charge in [0.15, 0.2) is 11.6 Å². The van der Waals surface area contributed by atoms with Crippen molar-refractivity contribution in [2.75, 3.05) is 0 Å². The number of ether oxygens (including phenoxy) is 1. The summed E-state index contributed by atoms with van der Waals surface area (Å²) in [6, 6.07) is 10.00. The van der Waals surface area contributed by atoms with Crippen molar-refractivity contribution in [2.45, 2.75) is 6.54 Å². The highest BCUT2D eigenvalue weighted by atomic mass is 32.2. The zero-order chi connectivity index (χ0) is 22.1. The highest BCUT2D eigenvalue weighted by Gasteiger charge is 2.16. The lowest BCUT2D eigenvalue weighted by Crippen LogP contribution is -2.17. The smallest absolute Gasteiger partial charge is 0.274 e. The van der Waals surface area contributed by atoms with E-state index in [0.717, 1.165) is 12.1 Å². The second-order valence-corrected chi connectivity index (χ2v) is 7.59. The largest absolute Gasteiger partial charge is 0.457 e. The summed E-state index contributed by atoms with van der Waals surface area (Å²) in [5, 5.41) is 0.647. The lowest BCUT2D eigenvalue weighted by Gasteiger charge is -2.15. The number of nitrogens with one attached hydrogen (secondary N) is 2. The number of aromatic amines is 1. The van der Waals surface area contributed by atoms with Crippen molar-refractivity contribution in [3.8, 4) is 22.6 Å². The number of aryl methyl sites for hydroxylation is 1. The molecular formula is C21H17F2N3O4S. The Kier molecular flexibility index (Phi) is 5.68. The summed E-state index contributed by atoms with van der Waals surface area (Å²) in [4.78, 5) is 15.3. The molecule has 3 N–H and O–H groups in total. The monoisotopic (exact) mass is 445 g/mol. The number of hydrogen-bond donors (Lipinski definition) is 3. The number of benzene rings is 2. The molecule has 0 saturated heterocycles. The zero-order valence-corrected chi connectivity index (χ0v) is 17.0. The molecular weight excluding hydrogens is 428 g/mol. The topological polar surface area (TPSA) is 96.3 Å². The van der Waals surface area contributed by atoms with Crippen LogP contribution < -0.4 is 15.0 Å². The number of halogens is 2. The second-order valence-electron chi connectivity index (χ2n) is 6.80. The number of hydrogen-bond acceptors (Lipinski definition) is 3. The number of rotatable bonds is 6. The maximum absolute atomic E-state index is 13.7. The number of fused-ring (bicyclic) bond motifs is 1. The summed E-state index contributed by atoms with van der Waals surface area (Å²) in [7, 11) is 1.61. The Hall–Kier alpha value is -3.34. The summed E-state index contributed by atoms with van der Waals surface area (Å²) in [6.07, 6.45) is 3.29. The van der Waals surface area contributed by atoms with Crippen molar-refractivity contribution < 1.29 is 22.3 Å². The van der Waals surface area contributed by atoms with E-state index >= 15 is 0 Å². The normalized spacial score (nSPS) is 12.3. The number of pyridine rings is 1. The van der Waals surface area contributed by atoms with Gasteiger partial charge in [0.05, 0.1) is 0 Å². The van der Waals surface area contributed by atoms with E-state index in [2.05, 4.69) is 9.71 Å². The Morgan fingerprint density at radius 1 is 1.13 bits per heavy atom. The molecule has 0 saturated carbocycles. The molecule has 31 heavy (non-hydrogen) atoms. The van der Waals surface area contributed by atoms with E-state index in [9.17, 15) is 17.8 Å². The van der Waals surface area contributed by atoms with Crippen LogP contribution in [0.15, 0.2) is 59.7 Å². The average molecular weight is 445 g/mol. The van der Waals surface area contributed by atoms with Gasteiger partial charge in [-0.1, -0.05) is 6.07 Å². The molecule has 0 fully saturated rings. The van der Waals surface area contributed by atoms with Crippen LogP contribution in [-0.4, -0.2) is 18.3 Å². The second kappa shape index (κ2) is 8.42. The van der Waals surface area contributed by atoms with Crippen LogP contribution in [0.2, 0.25) is 0 Å². The molecule has 0 aliphatic heterocycles. The standard InChI is InChI=1S/C21H17F2N3O4S/c1-26-11-16(14-6-7-24-20(14)21(26)27)15-8-12(10-25-31(28)29)2-5-19(15)30-13-3-4-17(22)18(23)9-13/h2-9,11,24-25H,10H2,1H3,(H,28,29). The molecule has 2 aromatic carbocycles. The van der Waals surface area contributed by atoms with Crippen molar-refractivity contribution in [1.82, 2.24) is 14.3 Å². The van der Waals surface area contributed by atoms with Gasteiger partial charge in [-0.25, -0.2) is 17.7 Å². The minimum Gasteiger partial charge on any atom is -0.457 e. The summed E-state index contributed by atoms with van der Waals surface area (Å²) in [5.74, 6) is -1.60. The van der Waals surface area contributed by atoms with E-state index in [1.54, 1.807) is 43.7 Å². The van der Waals surface area contributed by atoms with Crippen molar-refractivity contribution >= 4 is 22.2 Å². The van der Waals surface area contributed by atoms with Crippen molar-refractivity contribution in [3.05, 3.63) is 82.4 Å². The van der Waals surface area contributed by atoms with Gasteiger partial charge in [-0.05, 0) is 35.9 Å². The predicted octanol–water partition coefficient (Wildman–Crippen LogP) is 3.83. The fourth-order valence-electron chi connectivity index (χ4n) is 3.28. The molecule has 4 aromatic rings. The Morgan fingerprint density at radius 2 is 1.94 bits per heavy atom. The van der Waals surface area contributed by atoms with Gasteiger partial charge in [0.2, 0.25) is 11.3 Å². The summed E-state index contributed by atoms with van der Waals surface area (Å²) < 4.78 is 56.6. The quantitative estimate of drug-likeness (QED) is 0.393. The first kappa shape index (κ1) is 20.9. The number of H-pyrrole nitrogens is 1. The van der Waals surface area contributed by atoms with Gasteiger partial charge in [-0.2, -0.15) is 0 Å². The lowest BCUT2D eigenvalue weighted by atomic mass is 10.0. The Balaban J connectivity index is 1.87. The van der Waals surface area contributed by atoms with Gasteiger partial charge in [-0.3, -0.25) is 9.35 Å². The number of aromatic nitrogens is 2. The van der Waals surface area contributed by atoms with Crippen LogP contribution in [0.4, 0.5) is 8.78 Å². The van der Waals surface area contributed by atoms with Crippen molar-refractivity contribution in [2.24, 2.45) is 7.05 Å². The van der Waals surface area contributed by atoms with E-state index in [0.29, 0.717) is 33.3 Å². The van der Waals surface area contributed by atoms with E-state index in [1.807, 2.05) is 0 Å². The molecule has 1 unspecified atom stereocenters. The Morgan fingerprint density at radius 3 is 2.68 bits per heavy atom. The molecule has 7 nitrogen and oxygen atoms in total. The predicted molar refractivity (Wildman–Crippen MR) is 113 cm³/mol. The van der Waals surface area contributed by atoms with Crippen molar-refractivity contribution in [3.63, 3.8) is 0 Å². The zero-order valence-electron chi connectivity index (χ0n) is 16.2. The first-order valence-corrected chi connectivity index (χ1v) is 10.2. The third kappa shape index (κ3) is 4.26. The van der Waals surface area contributed by atoms with E-state index in [4.69, 9.17) is 9.29 Å². The fraction of sp³-hybridized carbons (Fsp3) is 0.0952. The first-order valence-electron chi connectivity index (χ1n) is 9.11. The average Bonchev–Trinajstić information content (AvgIpc) is 3.23. The van der Waals surface area contributed by atoms with Gasteiger partial charge >= 0.3 is 0 Å². The molecule has 0 aliphatic rings. The van der Waals surface area contributed by atoms with E-state index in [1.165, 1.54) is 10.6 Å². The molecule has 0 bridgehead atoms. The van der Waals surface area contributed by atoms with E-state index < -0.39 is 22.9 Å². The van der Waals surface area contributed by atoms with Crippen LogP contribution in [-0.2, 0) is 24.9 Å². The molecule has 2 aromatic heterocycles.